The Balaban J connectivity index is 0.00000180. The van der Waals surface area contributed by atoms with Gasteiger partial charge in [0.1, 0.15) is 13.2 Å². The summed E-state index contributed by atoms with van der Waals surface area (Å²) in [6, 6.07) is 5.95. The summed E-state index contributed by atoms with van der Waals surface area (Å²) in [5, 5.41) is 10.7. The molecule has 27 heavy (non-hydrogen) atoms. The van der Waals surface area contributed by atoms with E-state index in [0.717, 1.165) is 60.7 Å². The second-order valence-corrected chi connectivity index (χ2v) is 6.98. The fourth-order valence-corrected chi connectivity index (χ4v) is 4.23. The molecular formula is C19H23ClN4O3. The molecule has 1 fully saturated rings. The molecule has 5 rings (SSSR count). The number of benzene rings is 1. The Bertz CT molecular complexity index is 853. The highest BCUT2D eigenvalue weighted by atomic mass is 35.5. The number of nitrogens with one attached hydrogen (secondary N) is 2. The average Bonchev–Trinajstić information content (AvgIpc) is 3.34. The van der Waals surface area contributed by atoms with E-state index in [1.54, 1.807) is 0 Å². The van der Waals surface area contributed by atoms with Crippen molar-refractivity contribution in [3.63, 3.8) is 0 Å². The number of rotatable bonds is 2. The minimum absolute atomic E-state index is 0. The van der Waals surface area contributed by atoms with E-state index in [4.69, 9.17) is 9.47 Å². The van der Waals surface area contributed by atoms with Gasteiger partial charge in [0.05, 0.1) is 6.04 Å². The zero-order valence-corrected chi connectivity index (χ0v) is 15.8. The number of halogens is 1. The standard InChI is InChI=1S/C19H22N4O3.ClH/c24-19(17-13-11-20-7-6-14(13)21-22-17)23-8-2-4-15(23)12-3-1-5-16-18(12)26-10-9-25-16;/h1,3,5,15,20H,2,4,6-11H2,(H,21,22);1H. The number of para-hydroxylation sites is 1. The fourth-order valence-electron chi connectivity index (χ4n) is 4.23. The Labute approximate surface area is 163 Å². The van der Waals surface area contributed by atoms with Crippen LogP contribution in [-0.4, -0.2) is 47.3 Å². The third-order valence-corrected chi connectivity index (χ3v) is 5.48. The molecule has 1 unspecified atom stereocenters. The Hall–Kier alpha value is -2.25. The number of fused-ring (bicyclic) bond motifs is 2. The highest BCUT2D eigenvalue weighted by molar-refractivity contribution is 5.94. The van der Waals surface area contributed by atoms with Crippen molar-refractivity contribution in [2.24, 2.45) is 0 Å². The van der Waals surface area contributed by atoms with E-state index in [2.05, 4.69) is 15.5 Å². The van der Waals surface area contributed by atoms with Crippen molar-refractivity contribution in [3.8, 4) is 11.5 Å². The quantitative estimate of drug-likeness (QED) is 0.822. The van der Waals surface area contributed by atoms with Crippen molar-refractivity contribution in [2.75, 3.05) is 26.3 Å². The average molecular weight is 391 g/mol. The summed E-state index contributed by atoms with van der Waals surface area (Å²) >= 11 is 0. The van der Waals surface area contributed by atoms with Crippen molar-refractivity contribution in [2.45, 2.75) is 31.8 Å². The SMILES string of the molecule is Cl.O=C(c1n[nH]c2c1CNCC2)N1CCCC1c1cccc2c1OCCO2. The van der Waals surface area contributed by atoms with E-state index < -0.39 is 0 Å². The van der Waals surface area contributed by atoms with Gasteiger partial charge in [-0.2, -0.15) is 5.10 Å². The van der Waals surface area contributed by atoms with E-state index >= 15 is 0 Å². The summed E-state index contributed by atoms with van der Waals surface area (Å²) in [6.45, 7) is 3.47. The molecule has 0 spiro atoms. The van der Waals surface area contributed by atoms with Crippen LogP contribution in [0.5, 0.6) is 11.5 Å². The summed E-state index contributed by atoms with van der Waals surface area (Å²) in [6.07, 6.45) is 2.79. The normalized spacial score (nSPS) is 20.7. The lowest BCUT2D eigenvalue weighted by atomic mass is 10.0. The zero-order valence-electron chi connectivity index (χ0n) is 15.0. The van der Waals surface area contributed by atoms with Crippen LogP contribution < -0.4 is 14.8 Å². The summed E-state index contributed by atoms with van der Waals surface area (Å²) in [5.74, 6) is 1.56. The van der Waals surface area contributed by atoms with Crippen LogP contribution in [0.4, 0.5) is 0 Å². The summed E-state index contributed by atoms with van der Waals surface area (Å²) in [5.41, 5.74) is 3.69. The Morgan fingerprint density at radius 1 is 1.26 bits per heavy atom. The second-order valence-electron chi connectivity index (χ2n) is 6.98. The molecule has 3 aliphatic heterocycles. The lowest BCUT2D eigenvalue weighted by Crippen LogP contribution is -2.33. The summed E-state index contributed by atoms with van der Waals surface area (Å²) in [7, 11) is 0. The molecular weight excluding hydrogens is 368 g/mol. The molecule has 7 nitrogen and oxygen atoms in total. The predicted molar refractivity (Wildman–Crippen MR) is 102 cm³/mol. The maximum atomic E-state index is 13.3. The van der Waals surface area contributed by atoms with Gasteiger partial charge in [0.25, 0.3) is 5.91 Å². The number of carbonyl (C=O) groups excluding carboxylic acids is 1. The van der Waals surface area contributed by atoms with E-state index in [-0.39, 0.29) is 24.4 Å². The van der Waals surface area contributed by atoms with Crippen LogP contribution in [0.3, 0.4) is 0 Å². The maximum absolute atomic E-state index is 13.3. The topological polar surface area (TPSA) is 79.5 Å². The molecule has 1 amide bonds. The van der Waals surface area contributed by atoms with Gasteiger partial charge >= 0.3 is 0 Å². The van der Waals surface area contributed by atoms with Crippen molar-refractivity contribution >= 4 is 18.3 Å². The first-order chi connectivity index (χ1) is 12.8. The van der Waals surface area contributed by atoms with Gasteiger partial charge in [-0.1, -0.05) is 12.1 Å². The van der Waals surface area contributed by atoms with Crippen LogP contribution in [0.2, 0.25) is 0 Å². The molecule has 2 N–H and O–H groups in total. The van der Waals surface area contributed by atoms with E-state index in [1.807, 2.05) is 23.1 Å². The molecule has 0 saturated carbocycles. The number of aromatic amines is 1. The number of hydrogen-bond donors (Lipinski definition) is 2. The van der Waals surface area contributed by atoms with Crippen molar-refractivity contribution in [3.05, 3.63) is 40.7 Å². The van der Waals surface area contributed by atoms with Gasteiger partial charge in [0, 0.05) is 42.9 Å². The molecule has 0 bridgehead atoms. The number of nitrogens with zero attached hydrogens (tertiary/aromatic N) is 2. The van der Waals surface area contributed by atoms with Gasteiger partial charge in [-0.05, 0) is 18.9 Å². The molecule has 1 aromatic carbocycles. The Morgan fingerprint density at radius 3 is 3.07 bits per heavy atom. The van der Waals surface area contributed by atoms with Crippen molar-refractivity contribution in [1.29, 1.82) is 0 Å². The first kappa shape index (κ1) is 18.1. The van der Waals surface area contributed by atoms with E-state index in [0.29, 0.717) is 25.5 Å². The number of likely N-dealkylation sites (tertiary alicyclic amines) is 1. The number of ether oxygens (including phenoxy) is 2. The van der Waals surface area contributed by atoms with Crippen LogP contribution >= 0.6 is 12.4 Å². The third-order valence-electron chi connectivity index (χ3n) is 5.48. The molecule has 1 aromatic heterocycles. The molecule has 2 aromatic rings. The molecule has 1 saturated heterocycles. The van der Waals surface area contributed by atoms with Crippen LogP contribution in [-0.2, 0) is 13.0 Å². The molecule has 4 heterocycles. The number of amides is 1. The minimum atomic E-state index is 0. The maximum Gasteiger partial charge on any atom is 0.275 e. The van der Waals surface area contributed by atoms with Gasteiger partial charge in [-0.15, -0.1) is 12.4 Å². The van der Waals surface area contributed by atoms with Gasteiger partial charge < -0.3 is 19.7 Å². The second kappa shape index (κ2) is 7.40. The predicted octanol–water partition coefficient (Wildman–Crippen LogP) is 2.23. The van der Waals surface area contributed by atoms with Crippen LogP contribution in [0.25, 0.3) is 0 Å². The highest BCUT2D eigenvalue weighted by Gasteiger charge is 2.36. The minimum Gasteiger partial charge on any atom is -0.486 e. The van der Waals surface area contributed by atoms with Gasteiger partial charge in [0.15, 0.2) is 17.2 Å². The monoisotopic (exact) mass is 390 g/mol. The molecule has 144 valence electrons. The highest BCUT2D eigenvalue weighted by Crippen LogP contribution is 2.43. The smallest absolute Gasteiger partial charge is 0.275 e. The Morgan fingerprint density at radius 2 is 2.15 bits per heavy atom. The molecule has 0 aliphatic carbocycles. The molecule has 0 radical (unpaired) electrons. The summed E-state index contributed by atoms with van der Waals surface area (Å²) < 4.78 is 11.6. The van der Waals surface area contributed by atoms with Crippen molar-refractivity contribution in [1.82, 2.24) is 20.4 Å². The first-order valence-corrected chi connectivity index (χ1v) is 9.29. The Kier molecular flexibility index (Phi) is 4.97. The van der Waals surface area contributed by atoms with E-state index in [1.165, 1.54) is 0 Å². The van der Waals surface area contributed by atoms with E-state index in [9.17, 15) is 4.79 Å². The van der Waals surface area contributed by atoms with Gasteiger partial charge in [-0.3, -0.25) is 9.89 Å². The summed E-state index contributed by atoms with van der Waals surface area (Å²) in [4.78, 5) is 15.2. The molecule has 3 aliphatic rings. The van der Waals surface area contributed by atoms with Crippen LogP contribution in [0, 0.1) is 0 Å². The van der Waals surface area contributed by atoms with Gasteiger partial charge in [-0.25, -0.2) is 0 Å². The fraction of sp³-hybridized carbons (Fsp3) is 0.474. The van der Waals surface area contributed by atoms with Gasteiger partial charge in [0.2, 0.25) is 0 Å². The third kappa shape index (κ3) is 3.04. The lowest BCUT2D eigenvalue weighted by molar-refractivity contribution is 0.0723. The number of carbonyl (C=O) groups is 1. The lowest BCUT2D eigenvalue weighted by Gasteiger charge is -2.29. The molecule has 1 atom stereocenters. The largest absolute Gasteiger partial charge is 0.486 e. The van der Waals surface area contributed by atoms with Crippen molar-refractivity contribution < 1.29 is 14.3 Å². The molecule has 8 heteroatoms. The number of hydrogen-bond acceptors (Lipinski definition) is 5. The number of aromatic nitrogens is 2. The van der Waals surface area contributed by atoms with Crippen LogP contribution in [0.15, 0.2) is 18.2 Å². The zero-order chi connectivity index (χ0) is 17.5. The van der Waals surface area contributed by atoms with Crippen LogP contribution in [0.1, 0.15) is 46.2 Å². The number of H-pyrrole nitrogens is 1. The first-order valence-electron chi connectivity index (χ1n) is 9.29.